The Morgan fingerprint density at radius 2 is 2.28 bits per heavy atom. The van der Waals surface area contributed by atoms with Gasteiger partial charge in [-0.15, -0.1) is 0 Å². The highest BCUT2D eigenvalue weighted by Gasteiger charge is 2.14. The first-order chi connectivity index (χ1) is 8.70. The number of amides is 1. The van der Waals surface area contributed by atoms with Gasteiger partial charge in [0.1, 0.15) is 12.4 Å². The molecule has 1 heterocycles. The molecule has 1 aromatic heterocycles. The van der Waals surface area contributed by atoms with E-state index in [1.165, 1.54) is 6.26 Å². The molecule has 6 heteroatoms. The fraction of sp³-hybridized carbons (Fsp3) is 0.0833. The van der Waals surface area contributed by atoms with Crippen molar-refractivity contribution in [1.82, 2.24) is 5.43 Å². The van der Waals surface area contributed by atoms with Gasteiger partial charge in [-0.3, -0.25) is 10.2 Å². The number of carbonyl (C=O) groups excluding carboxylic acids is 1. The zero-order chi connectivity index (χ0) is 13.0. The van der Waals surface area contributed by atoms with Crippen LogP contribution in [0.5, 0.6) is 5.75 Å². The highest BCUT2D eigenvalue weighted by molar-refractivity contribution is 14.1. The van der Waals surface area contributed by atoms with Crippen LogP contribution in [-0.4, -0.2) is 5.91 Å². The summed E-state index contributed by atoms with van der Waals surface area (Å²) in [6.07, 6.45) is 1.43. The third-order valence-corrected chi connectivity index (χ3v) is 2.95. The van der Waals surface area contributed by atoms with Crippen molar-refractivity contribution in [3.05, 3.63) is 51.5 Å². The number of halogens is 1. The molecule has 0 radical (unpaired) electrons. The Bertz CT molecular complexity index is 554. The Balaban J connectivity index is 2.07. The number of hydrogen-bond acceptors (Lipinski definition) is 4. The van der Waals surface area contributed by atoms with E-state index in [0.29, 0.717) is 5.56 Å². The first kappa shape index (κ1) is 12.9. The Kier molecular flexibility index (Phi) is 4.21. The molecule has 0 aliphatic rings. The van der Waals surface area contributed by atoms with E-state index in [1.54, 1.807) is 6.07 Å². The first-order valence-corrected chi connectivity index (χ1v) is 6.24. The van der Waals surface area contributed by atoms with Gasteiger partial charge in [0.2, 0.25) is 0 Å². The predicted molar refractivity (Wildman–Crippen MR) is 73.9 cm³/mol. The van der Waals surface area contributed by atoms with Crippen LogP contribution >= 0.6 is 22.6 Å². The summed E-state index contributed by atoms with van der Waals surface area (Å²) >= 11 is 2.20. The van der Waals surface area contributed by atoms with E-state index >= 15 is 0 Å². The molecule has 0 unspecified atom stereocenters. The summed E-state index contributed by atoms with van der Waals surface area (Å²) in [7, 11) is 0. The molecule has 3 N–H and O–H groups in total. The largest absolute Gasteiger partial charge is 0.489 e. The maximum atomic E-state index is 11.4. The lowest BCUT2D eigenvalue weighted by Crippen LogP contribution is -2.30. The lowest BCUT2D eigenvalue weighted by atomic mass is 10.2. The van der Waals surface area contributed by atoms with Crippen molar-refractivity contribution in [2.24, 2.45) is 5.84 Å². The Morgan fingerprint density at radius 3 is 3.00 bits per heavy atom. The highest BCUT2D eigenvalue weighted by atomic mass is 127. The van der Waals surface area contributed by atoms with Crippen LogP contribution in [0.4, 0.5) is 0 Å². The van der Waals surface area contributed by atoms with Gasteiger partial charge in [0.15, 0.2) is 5.76 Å². The molecule has 18 heavy (non-hydrogen) atoms. The average molecular weight is 358 g/mol. The monoisotopic (exact) mass is 358 g/mol. The van der Waals surface area contributed by atoms with Gasteiger partial charge in [-0.2, -0.15) is 0 Å². The van der Waals surface area contributed by atoms with E-state index < -0.39 is 5.91 Å². The van der Waals surface area contributed by atoms with Crippen molar-refractivity contribution in [3.63, 3.8) is 0 Å². The number of carbonyl (C=O) groups is 1. The minimum absolute atomic E-state index is 0.170. The van der Waals surface area contributed by atoms with Gasteiger partial charge in [0.05, 0.1) is 6.26 Å². The van der Waals surface area contributed by atoms with Gasteiger partial charge in [-0.05, 0) is 46.9 Å². The normalized spacial score (nSPS) is 10.1. The van der Waals surface area contributed by atoms with E-state index in [1.807, 2.05) is 29.7 Å². The minimum Gasteiger partial charge on any atom is -0.489 e. The zero-order valence-corrected chi connectivity index (χ0v) is 11.5. The highest BCUT2D eigenvalue weighted by Crippen LogP contribution is 2.18. The third-order valence-electron chi connectivity index (χ3n) is 2.27. The molecule has 0 aliphatic heterocycles. The molecule has 0 aliphatic carbocycles. The summed E-state index contributed by atoms with van der Waals surface area (Å²) in [4.78, 5) is 11.4. The van der Waals surface area contributed by atoms with Crippen LogP contribution in [0.25, 0.3) is 0 Å². The summed E-state index contributed by atoms with van der Waals surface area (Å²) < 4.78 is 11.7. The summed E-state index contributed by atoms with van der Waals surface area (Å²) in [5.74, 6) is 5.49. The SMILES string of the molecule is NNC(=O)c1occc1COc1cccc(I)c1. The maximum Gasteiger partial charge on any atom is 0.301 e. The van der Waals surface area contributed by atoms with Crippen LogP contribution in [0.15, 0.2) is 41.0 Å². The summed E-state index contributed by atoms with van der Waals surface area (Å²) in [6, 6.07) is 9.31. The van der Waals surface area contributed by atoms with E-state index in [2.05, 4.69) is 22.6 Å². The molecule has 2 aromatic rings. The number of rotatable bonds is 4. The second-order valence-corrected chi connectivity index (χ2v) is 4.74. The zero-order valence-electron chi connectivity index (χ0n) is 9.35. The van der Waals surface area contributed by atoms with Gasteiger partial charge in [-0.25, -0.2) is 5.84 Å². The fourth-order valence-corrected chi connectivity index (χ4v) is 1.95. The van der Waals surface area contributed by atoms with Crippen LogP contribution < -0.4 is 16.0 Å². The van der Waals surface area contributed by atoms with Crippen LogP contribution in [0.1, 0.15) is 16.1 Å². The van der Waals surface area contributed by atoms with Crippen molar-refractivity contribution < 1.29 is 13.9 Å². The maximum absolute atomic E-state index is 11.4. The number of nitrogens with one attached hydrogen (secondary N) is 1. The average Bonchev–Trinajstić information content (AvgIpc) is 2.84. The molecule has 1 amide bonds. The Labute approximate surface area is 117 Å². The predicted octanol–water partition coefficient (Wildman–Crippen LogP) is 2.07. The van der Waals surface area contributed by atoms with Crippen LogP contribution in [0.3, 0.4) is 0 Å². The van der Waals surface area contributed by atoms with Gasteiger partial charge in [0, 0.05) is 9.13 Å². The molecular formula is C12H11IN2O3. The van der Waals surface area contributed by atoms with E-state index in [0.717, 1.165) is 9.32 Å². The van der Waals surface area contributed by atoms with Crippen molar-refractivity contribution >= 4 is 28.5 Å². The number of furan rings is 1. The van der Waals surface area contributed by atoms with Crippen LogP contribution in [-0.2, 0) is 6.61 Å². The molecular weight excluding hydrogens is 347 g/mol. The Hall–Kier alpha value is -1.54. The second kappa shape index (κ2) is 5.87. The number of ether oxygens (including phenoxy) is 1. The topological polar surface area (TPSA) is 77.5 Å². The molecule has 0 saturated carbocycles. The Morgan fingerprint density at radius 1 is 1.44 bits per heavy atom. The summed E-state index contributed by atoms with van der Waals surface area (Å²) in [5, 5.41) is 0. The molecule has 2 rings (SSSR count). The standard InChI is InChI=1S/C12H11IN2O3/c13-9-2-1-3-10(6-9)18-7-8-4-5-17-11(8)12(16)15-14/h1-6H,7,14H2,(H,15,16). The molecule has 0 spiro atoms. The molecule has 94 valence electrons. The number of hydrazine groups is 1. The van der Waals surface area contributed by atoms with Crippen molar-refractivity contribution in [1.29, 1.82) is 0 Å². The molecule has 0 atom stereocenters. The number of nitrogens with two attached hydrogens (primary N) is 1. The molecule has 0 bridgehead atoms. The smallest absolute Gasteiger partial charge is 0.301 e. The van der Waals surface area contributed by atoms with E-state index in [4.69, 9.17) is 15.0 Å². The number of hydrogen-bond donors (Lipinski definition) is 2. The third kappa shape index (κ3) is 3.02. The van der Waals surface area contributed by atoms with Crippen LogP contribution in [0, 0.1) is 3.57 Å². The lowest BCUT2D eigenvalue weighted by molar-refractivity contribution is 0.0922. The quantitative estimate of drug-likeness (QED) is 0.380. The number of benzene rings is 1. The van der Waals surface area contributed by atoms with Crippen molar-refractivity contribution in [2.75, 3.05) is 0 Å². The minimum atomic E-state index is -0.471. The van der Waals surface area contributed by atoms with Crippen molar-refractivity contribution in [2.45, 2.75) is 6.61 Å². The molecule has 0 saturated heterocycles. The van der Waals surface area contributed by atoms with Crippen LogP contribution in [0.2, 0.25) is 0 Å². The molecule has 1 aromatic carbocycles. The van der Waals surface area contributed by atoms with E-state index in [-0.39, 0.29) is 12.4 Å². The number of nitrogen functional groups attached to an aromatic ring is 1. The van der Waals surface area contributed by atoms with Gasteiger partial charge in [-0.1, -0.05) is 6.07 Å². The summed E-state index contributed by atoms with van der Waals surface area (Å²) in [5.41, 5.74) is 2.68. The van der Waals surface area contributed by atoms with Gasteiger partial charge in [0.25, 0.3) is 0 Å². The van der Waals surface area contributed by atoms with Gasteiger partial charge < -0.3 is 9.15 Å². The second-order valence-electron chi connectivity index (χ2n) is 3.49. The first-order valence-electron chi connectivity index (χ1n) is 5.16. The molecule has 5 nitrogen and oxygen atoms in total. The molecule has 0 fully saturated rings. The van der Waals surface area contributed by atoms with E-state index in [9.17, 15) is 4.79 Å². The fourth-order valence-electron chi connectivity index (χ4n) is 1.43. The van der Waals surface area contributed by atoms with Crippen molar-refractivity contribution in [3.8, 4) is 5.75 Å². The lowest BCUT2D eigenvalue weighted by Gasteiger charge is -2.06. The summed E-state index contributed by atoms with van der Waals surface area (Å²) in [6.45, 7) is 0.249. The van der Waals surface area contributed by atoms with Gasteiger partial charge >= 0.3 is 5.91 Å².